The van der Waals surface area contributed by atoms with Gasteiger partial charge in [-0.2, -0.15) is 9.78 Å². The molecule has 2 N–H and O–H groups in total. The van der Waals surface area contributed by atoms with E-state index in [9.17, 15) is 4.79 Å². The molecular formula is C12H9N5O2. The fraction of sp³-hybridized carbons (Fsp3) is 0. The van der Waals surface area contributed by atoms with Gasteiger partial charge >= 0.3 is 0 Å². The number of benzene rings is 1. The molecule has 94 valence electrons. The number of nitrogens with two attached hydrogens (primary N) is 1. The molecule has 0 saturated heterocycles. The fourth-order valence-electron chi connectivity index (χ4n) is 1.63. The van der Waals surface area contributed by atoms with E-state index in [0.717, 1.165) is 0 Å². The normalized spacial score (nSPS) is 11.4. The largest absolute Gasteiger partial charge is 0.463 e. The van der Waals surface area contributed by atoms with Crippen LogP contribution in [-0.4, -0.2) is 21.1 Å². The Labute approximate surface area is 107 Å². The van der Waals surface area contributed by atoms with E-state index in [4.69, 9.17) is 10.2 Å². The molecule has 0 saturated carbocycles. The summed E-state index contributed by atoms with van der Waals surface area (Å²) in [6.45, 7) is 0. The van der Waals surface area contributed by atoms with Crippen LogP contribution in [-0.2, 0) is 0 Å². The lowest BCUT2D eigenvalue weighted by molar-refractivity contribution is 0.601. The van der Waals surface area contributed by atoms with Gasteiger partial charge in [0.15, 0.2) is 0 Å². The third-order valence-electron chi connectivity index (χ3n) is 2.58. The van der Waals surface area contributed by atoms with Crippen LogP contribution in [0.5, 0.6) is 0 Å². The van der Waals surface area contributed by atoms with Crippen molar-refractivity contribution in [2.24, 2.45) is 5.10 Å². The average molecular weight is 255 g/mol. The van der Waals surface area contributed by atoms with Crippen LogP contribution in [0.4, 0.5) is 5.95 Å². The van der Waals surface area contributed by atoms with Crippen LogP contribution in [0.2, 0.25) is 0 Å². The molecule has 0 bridgehead atoms. The van der Waals surface area contributed by atoms with Crippen molar-refractivity contribution in [1.82, 2.24) is 14.9 Å². The number of anilines is 1. The number of nitrogens with zero attached hydrogens (tertiary/aromatic N) is 4. The van der Waals surface area contributed by atoms with Gasteiger partial charge in [-0.15, -0.1) is 10.2 Å². The Bertz CT molecular complexity index is 818. The minimum Gasteiger partial charge on any atom is -0.463 e. The zero-order valence-corrected chi connectivity index (χ0v) is 9.72. The maximum absolute atomic E-state index is 12.1. The Hall–Kier alpha value is -2.96. The summed E-state index contributed by atoms with van der Waals surface area (Å²) < 4.78 is 6.62. The van der Waals surface area contributed by atoms with Gasteiger partial charge in [0, 0.05) is 0 Å². The van der Waals surface area contributed by atoms with Crippen molar-refractivity contribution < 1.29 is 4.42 Å². The summed E-state index contributed by atoms with van der Waals surface area (Å²) in [5.74, 6) is 0.140. The van der Waals surface area contributed by atoms with E-state index in [1.54, 1.807) is 24.3 Å². The SMILES string of the molecule is Nc1nncn1N=Cc1coc2ccccc2c1=O. The van der Waals surface area contributed by atoms with Crippen LogP contribution >= 0.6 is 0 Å². The van der Waals surface area contributed by atoms with Crippen molar-refractivity contribution in [1.29, 1.82) is 0 Å². The van der Waals surface area contributed by atoms with Gasteiger partial charge in [-0.25, -0.2) is 0 Å². The molecule has 7 nitrogen and oxygen atoms in total. The molecule has 19 heavy (non-hydrogen) atoms. The standard InChI is InChI=1S/C12H9N5O2/c13-12-16-14-7-17(12)15-5-8-6-19-10-4-2-1-3-9(10)11(8)18/h1-7H,(H2,13,16). The van der Waals surface area contributed by atoms with Gasteiger partial charge in [-0.1, -0.05) is 12.1 Å². The second-order valence-corrected chi connectivity index (χ2v) is 3.79. The Morgan fingerprint density at radius 2 is 2.21 bits per heavy atom. The molecule has 7 heteroatoms. The molecule has 2 heterocycles. The van der Waals surface area contributed by atoms with Gasteiger partial charge < -0.3 is 10.2 Å². The van der Waals surface area contributed by atoms with Gasteiger partial charge in [-0.05, 0) is 12.1 Å². The first-order valence-electron chi connectivity index (χ1n) is 5.46. The summed E-state index contributed by atoms with van der Waals surface area (Å²) in [5, 5.41) is 11.6. The highest BCUT2D eigenvalue weighted by atomic mass is 16.3. The molecule has 0 fully saturated rings. The minimum atomic E-state index is -0.155. The Kier molecular flexibility index (Phi) is 2.57. The molecule has 1 aromatic carbocycles. The number of aromatic nitrogens is 3. The summed E-state index contributed by atoms with van der Waals surface area (Å²) >= 11 is 0. The third-order valence-corrected chi connectivity index (χ3v) is 2.58. The van der Waals surface area contributed by atoms with Crippen molar-refractivity contribution >= 4 is 23.1 Å². The topological polar surface area (TPSA) is 99.3 Å². The highest BCUT2D eigenvalue weighted by Crippen LogP contribution is 2.09. The quantitative estimate of drug-likeness (QED) is 0.684. The number of para-hydroxylation sites is 1. The fourth-order valence-corrected chi connectivity index (χ4v) is 1.63. The maximum atomic E-state index is 12.1. The van der Waals surface area contributed by atoms with Crippen molar-refractivity contribution in [3.8, 4) is 0 Å². The van der Waals surface area contributed by atoms with Crippen LogP contribution in [0.25, 0.3) is 11.0 Å². The predicted molar refractivity (Wildman–Crippen MR) is 69.9 cm³/mol. The highest BCUT2D eigenvalue weighted by molar-refractivity contribution is 5.86. The molecule has 3 aromatic rings. The molecule has 0 aliphatic heterocycles. The zero-order valence-electron chi connectivity index (χ0n) is 9.72. The predicted octanol–water partition coefficient (Wildman–Crippen LogP) is 0.849. The maximum Gasteiger partial charge on any atom is 0.242 e. The number of rotatable bonds is 2. The lowest BCUT2D eigenvalue weighted by Crippen LogP contribution is -2.08. The molecular weight excluding hydrogens is 246 g/mol. The van der Waals surface area contributed by atoms with Crippen LogP contribution in [0.1, 0.15) is 5.56 Å². The summed E-state index contributed by atoms with van der Waals surface area (Å²) in [4.78, 5) is 12.1. The van der Waals surface area contributed by atoms with Gasteiger partial charge in [0.2, 0.25) is 11.4 Å². The summed E-state index contributed by atoms with van der Waals surface area (Å²) in [6.07, 6.45) is 4.06. The van der Waals surface area contributed by atoms with E-state index in [-0.39, 0.29) is 11.4 Å². The Balaban J connectivity index is 2.07. The van der Waals surface area contributed by atoms with Gasteiger partial charge in [0.05, 0.1) is 17.2 Å². The monoisotopic (exact) mass is 255 g/mol. The van der Waals surface area contributed by atoms with E-state index >= 15 is 0 Å². The van der Waals surface area contributed by atoms with E-state index in [0.29, 0.717) is 16.5 Å². The zero-order chi connectivity index (χ0) is 13.2. The Morgan fingerprint density at radius 1 is 1.37 bits per heavy atom. The number of nitrogen functional groups attached to an aromatic ring is 1. The van der Waals surface area contributed by atoms with Crippen LogP contribution in [0.3, 0.4) is 0 Å². The summed E-state index contributed by atoms with van der Waals surface area (Å²) in [6, 6.07) is 7.01. The third kappa shape index (κ3) is 1.97. The summed E-state index contributed by atoms with van der Waals surface area (Å²) in [5.41, 5.74) is 6.21. The van der Waals surface area contributed by atoms with Crippen LogP contribution in [0.15, 0.2) is 51.2 Å². The van der Waals surface area contributed by atoms with Crippen LogP contribution < -0.4 is 11.2 Å². The van der Waals surface area contributed by atoms with Crippen molar-refractivity contribution in [3.63, 3.8) is 0 Å². The molecule has 0 amide bonds. The number of fused-ring (bicyclic) bond motifs is 1. The average Bonchev–Trinajstić information content (AvgIpc) is 2.84. The Morgan fingerprint density at radius 3 is 3.00 bits per heavy atom. The molecule has 0 aliphatic rings. The van der Waals surface area contributed by atoms with E-state index in [2.05, 4.69) is 15.3 Å². The van der Waals surface area contributed by atoms with E-state index in [1.165, 1.54) is 23.5 Å². The van der Waals surface area contributed by atoms with Crippen molar-refractivity contribution in [2.45, 2.75) is 0 Å². The molecule has 0 radical (unpaired) electrons. The molecule has 2 aromatic heterocycles. The van der Waals surface area contributed by atoms with Crippen LogP contribution in [0, 0.1) is 0 Å². The molecule has 0 unspecified atom stereocenters. The lowest BCUT2D eigenvalue weighted by Gasteiger charge is -1.97. The number of hydrogen-bond acceptors (Lipinski definition) is 6. The second kappa shape index (κ2) is 4.37. The van der Waals surface area contributed by atoms with Gasteiger partial charge in [0.1, 0.15) is 18.2 Å². The first kappa shape index (κ1) is 11.1. The number of hydrogen-bond donors (Lipinski definition) is 1. The van der Waals surface area contributed by atoms with Gasteiger partial charge in [-0.3, -0.25) is 4.79 Å². The lowest BCUT2D eigenvalue weighted by atomic mass is 10.2. The van der Waals surface area contributed by atoms with E-state index < -0.39 is 0 Å². The molecule has 3 rings (SSSR count). The first-order valence-corrected chi connectivity index (χ1v) is 5.46. The molecule has 0 spiro atoms. The van der Waals surface area contributed by atoms with Crippen molar-refractivity contribution in [2.75, 3.05) is 5.73 Å². The molecule has 0 atom stereocenters. The molecule has 0 aliphatic carbocycles. The second-order valence-electron chi connectivity index (χ2n) is 3.79. The van der Waals surface area contributed by atoms with E-state index in [1.807, 2.05) is 0 Å². The van der Waals surface area contributed by atoms with Crippen molar-refractivity contribution in [3.05, 3.63) is 52.6 Å². The first-order chi connectivity index (χ1) is 9.25. The smallest absolute Gasteiger partial charge is 0.242 e. The highest BCUT2D eigenvalue weighted by Gasteiger charge is 2.04. The summed E-state index contributed by atoms with van der Waals surface area (Å²) in [7, 11) is 0. The minimum absolute atomic E-state index is 0.140. The van der Waals surface area contributed by atoms with Gasteiger partial charge in [0.25, 0.3) is 0 Å².